The number of amides is 4. The zero-order chi connectivity index (χ0) is 22.9. The minimum atomic E-state index is -1.46. The van der Waals surface area contributed by atoms with Gasteiger partial charge in [-0.3, -0.25) is 24.0 Å². The number of aliphatic hydroxyl groups excluding tert-OH is 1. The Kier molecular flexibility index (Phi) is 10.8. The first-order valence-corrected chi connectivity index (χ1v) is 9.17. The molecule has 0 aliphatic carbocycles. The molecule has 0 rings (SSSR count). The largest absolute Gasteiger partial charge is 0.480 e. The number of aliphatic hydroxyl groups is 1. The van der Waals surface area contributed by atoms with Crippen LogP contribution < -0.4 is 27.4 Å². The number of aliphatic carboxylic acids is 1. The second kappa shape index (κ2) is 12.0. The number of nitrogens with two attached hydrogens (primary N) is 2. The van der Waals surface area contributed by atoms with Gasteiger partial charge in [-0.2, -0.15) is 0 Å². The second-order valence-corrected chi connectivity index (χ2v) is 6.94. The Morgan fingerprint density at radius 2 is 1.38 bits per heavy atom. The quantitative estimate of drug-likeness (QED) is 0.175. The van der Waals surface area contributed by atoms with Crippen LogP contribution in [0.3, 0.4) is 0 Å². The highest BCUT2D eigenvalue weighted by Crippen LogP contribution is 2.09. The molecule has 6 atom stereocenters. The van der Waals surface area contributed by atoms with Gasteiger partial charge < -0.3 is 37.6 Å². The standard InChI is InChI=1S/C17H31N5O7/c1-5-7(2)12(15(26)20-8(3)17(28)29)21-16(27)13(9(4)23)22-14(25)10(18)6-11(19)24/h7-10,12-13,23H,5-6,18H2,1-4H3,(H2,19,24)(H,20,26)(H,21,27)(H,22,25)(H,28,29). The summed E-state index contributed by atoms with van der Waals surface area (Å²) in [4.78, 5) is 58.9. The average molecular weight is 417 g/mol. The number of carbonyl (C=O) groups excluding carboxylic acids is 4. The molecular weight excluding hydrogens is 386 g/mol. The Morgan fingerprint density at radius 1 is 0.897 bits per heavy atom. The van der Waals surface area contributed by atoms with E-state index in [9.17, 15) is 29.1 Å². The van der Waals surface area contributed by atoms with Gasteiger partial charge in [-0.15, -0.1) is 0 Å². The zero-order valence-electron chi connectivity index (χ0n) is 17.0. The number of hydrogen-bond acceptors (Lipinski definition) is 7. The maximum atomic E-state index is 12.6. The number of carbonyl (C=O) groups is 5. The van der Waals surface area contributed by atoms with Crippen molar-refractivity contribution in [1.82, 2.24) is 16.0 Å². The summed E-state index contributed by atoms with van der Waals surface area (Å²) in [6.45, 7) is 5.97. The van der Waals surface area contributed by atoms with Gasteiger partial charge in [-0.05, 0) is 19.8 Å². The molecule has 0 fully saturated rings. The molecule has 6 unspecified atom stereocenters. The topological polar surface area (TPSA) is 214 Å². The molecule has 0 heterocycles. The molecule has 12 nitrogen and oxygen atoms in total. The van der Waals surface area contributed by atoms with Gasteiger partial charge in [0.15, 0.2) is 0 Å². The van der Waals surface area contributed by atoms with E-state index in [4.69, 9.17) is 16.6 Å². The predicted molar refractivity (Wildman–Crippen MR) is 102 cm³/mol. The monoisotopic (exact) mass is 417 g/mol. The SMILES string of the molecule is CCC(C)C(NC(=O)C(NC(=O)C(N)CC(N)=O)C(C)O)C(=O)NC(C)C(=O)O. The predicted octanol–water partition coefficient (Wildman–Crippen LogP) is -2.83. The lowest BCUT2D eigenvalue weighted by Gasteiger charge is -2.28. The van der Waals surface area contributed by atoms with Gasteiger partial charge in [0.1, 0.15) is 18.1 Å². The summed E-state index contributed by atoms with van der Waals surface area (Å²) in [6, 6.07) is -5.05. The van der Waals surface area contributed by atoms with Crippen molar-refractivity contribution in [3.63, 3.8) is 0 Å². The highest BCUT2D eigenvalue weighted by Gasteiger charge is 2.33. The number of carboxylic acids is 1. The molecule has 0 aromatic carbocycles. The lowest BCUT2D eigenvalue weighted by molar-refractivity contribution is -0.142. The Hall–Kier alpha value is -2.73. The number of carboxylic acid groups (broad SMARTS) is 1. The molecule has 0 aliphatic heterocycles. The van der Waals surface area contributed by atoms with Crippen molar-refractivity contribution in [2.45, 2.75) is 70.8 Å². The minimum absolute atomic E-state index is 0.373. The molecule has 0 aliphatic rings. The van der Waals surface area contributed by atoms with Crippen molar-refractivity contribution in [1.29, 1.82) is 0 Å². The molecule has 0 bridgehead atoms. The molecule has 12 heteroatoms. The van der Waals surface area contributed by atoms with Gasteiger partial charge in [0.05, 0.1) is 18.6 Å². The Bertz CT molecular complexity index is 625. The van der Waals surface area contributed by atoms with Crippen LogP contribution in [0.2, 0.25) is 0 Å². The number of rotatable bonds is 12. The first-order valence-electron chi connectivity index (χ1n) is 9.17. The highest BCUT2D eigenvalue weighted by molar-refractivity contribution is 5.95. The van der Waals surface area contributed by atoms with E-state index < -0.39 is 66.3 Å². The third-order valence-corrected chi connectivity index (χ3v) is 4.34. The van der Waals surface area contributed by atoms with Crippen molar-refractivity contribution >= 4 is 29.6 Å². The fourth-order valence-corrected chi connectivity index (χ4v) is 2.28. The van der Waals surface area contributed by atoms with Crippen LogP contribution in [0, 0.1) is 5.92 Å². The molecule has 166 valence electrons. The van der Waals surface area contributed by atoms with Crippen LogP contribution in [0.5, 0.6) is 0 Å². The van der Waals surface area contributed by atoms with Crippen LogP contribution in [0.25, 0.3) is 0 Å². The molecule has 0 radical (unpaired) electrons. The maximum Gasteiger partial charge on any atom is 0.325 e. The smallest absolute Gasteiger partial charge is 0.325 e. The van der Waals surface area contributed by atoms with E-state index in [0.29, 0.717) is 6.42 Å². The van der Waals surface area contributed by atoms with Crippen LogP contribution >= 0.6 is 0 Å². The first kappa shape index (κ1) is 26.3. The van der Waals surface area contributed by atoms with Crippen LogP contribution in [0.1, 0.15) is 40.5 Å². The average Bonchev–Trinajstić information content (AvgIpc) is 2.61. The Morgan fingerprint density at radius 3 is 1.79 bits per heavy atom. The lowest BCUT2D eigenvalue weighted by Crippen LogP contribution is -2.61. The molecule has 0 spiro atoms. The fraction of sp³-hybridized carbons (Fsp3) is 0.706. The molecule has 4 amide bonds. The van der Waals surface area contributed by atoms with Gasteiger partial charge in [0.25, 0.3) is 0 Å². The second-order valence-electron chi connectivity index (χ2n) is 6.94. The van der Waals surface area contributed by atoms with E-state index in [1.54, 1.807) is 13.8 Å². The molecule has 0 saturated carbocycles. The van der Waals surface area contributed by atoms with Gasteiger partial charge in [-0.1, -0.05) is 20.3 Å². The summed E-state index contributed by atoms with van der Waals surface area (Å²) in [6.07, 6.45) is -1.32. The molecular formula is C17H31N5O7. The van der Waals surface area contributed by atoms with Gasteiger partial charge in [0.2, 0.25) is 23.6 Å². The first-order chi connectivity index (χ1) is 13.3. The normalized spacial score (nSPS) is 17.0. The van der Waals surface area contributed by atoms with E-state index in [0.717, 1.165) is 0 Å². The van der Waals surface area contributed by atoms with Crippen molar-refractivity contribution in [2.24, 2.45) is 17.4 Å². The van der Waals surface area contributed by atoms with Crippen LogP contribution in [0.4, 0.5) is 0 Å². The van der Waals surface area contributed by atoms with Crippen molar-refractivity contribution < 1.29 is 34.2 Å². The summed E-state index contributed by atoms with van der Waals surface area (Å²) >= 11 is 0. The molecule has 0 aromatic heterocycles. The van der Waals surface area contributed by atoms with Crippen LogP contribution in [-0.4, -0.2) is 70.1 Å². The van der Waals surface area contributed by atoms with E-state index in [-0.39, 0.29) is 5.92 Å². The van der Waals surface area contributed by atoms with Crippen LogP contribution in [-0.2, 0) is 24.0 Å². The third kappa shape index (κ3) is 8.87. The van der Waals surface area contributed by atoms with Gasteiger partial charge in [-0.25, -0.2) is 0 Å². The number of nitrogens with one attached hydrogen (secondary N) is 3. The van der Waals surface area contributed by atoms with Crippen molar-refractivity contribution in [2.75, 3.05) is 0 Å². The highest BCUT2D eigenvalue weighted by atomic mass is 16.4. The van der Waals surface area contributed by atoms with Gasteiger partial charge in [0, 0.05) is 0 Å². The number of hydrogen-bond donors (Lipinski definition) is 7. The summed E-state index contributed by atoms with van der Waals surface area (Å²) in [7, 11) is 0. The van der Waals surface area contributed by atoms with E-state index in [1.807, 2.05) is 0 Å². The maximum absolute atomic E-state index is 12.6. The molecule has 29 heavy (non-hydrogen) atoms. The van der Waals surface area contributed by atoms with Crippen molar-refractivity contribution in [3.8, 4) is 0 Å². The molecule has 9 N–H and O–H groups in total. The lowest BCUT2D eigenvalue weighted by atomic mass is 9.97. The molecule has 0 aromatic rings. The summed E-state index contributed by atoms with van der Waals surface area (Å²) in [5, 5.41) is 25.7. The van der Waals surface area contributed by atoms with E-state index in [2.05, 4.69) is 16.0 Å². The summed E-state index contributed by atoms with van der Waals surface area (Å²) in [5.74, 6) is -4.90. The molecule has 0 saturated heterocycles. The minimum Gasteiger partial charge on any atom is -0.480 e. The van der Waals surface area contributed by atoms with E-state index >= 15 is 0 Å². The van der Waals surface area contributed by atoms with E-state index in [1.165, 1.54) is 13.8 Å². The fourth-order valence-electron chi connectivity index (χ4n) is 2.28. The van der Waals surface area contributed by atoms with Crippen molar-refractivity contribution in [3.05, 3.63) is 0 Å². The zero-order valence-corrected chi connectivity index (χ0v) is 17.0. The van der Waals surface area contributed by atoms with Gasteiger partial charge >= 0.3 is 5.97 Å². The Labute approximate surface area is 168 Å². The third-order valence-electron chi connectivity index (χ3n) is 4.34. The number of primary amides is 1. The summed E-state index contributed by atoms with van der Waals surface area (Å²) in [5.41, 5.74) is 10.5. The Balaban J connectivity index is 5.34. The van der Waals surface area contributed by atoms with Crippen LogP contribution in [0.15, 0.2) is 0 Å². The summed E-state index contributed by atoms with van der Waals surface area (Å²) < 4.78 is 0.